The Morgan fingerprint density at radius 3 is 2.24 bits per heavy atom. The van der Waals surface area contributed by atoms with Crippen molar-refractivity contribution in [2.24, 2.45) is 0 Å². The van der Waals surface area contributed by atoms with Gasteiger partial charge in [-0.2, -0.15) is 0 Å². The van der Waals surface area contributed by atoms with Crippen LogP contribution >= 0.6 is 0 Å². The maximum absolute atomic E-state index is 5.69. The molecule has 0 fully saturated rings. The molecule has 0 N–H and O–H groups in total. The summed E-state index contributed by atoms with van der Waals surface area (Å²) in [6.07, 6.45) is 0.263. The van der Waals surface area contributed by atoms with Crippen molar-refractivity contribution in [1.29, 1.82) is 0 Å². The highest BCUT2D eigenvalue weighted by Gasteiger charge is 2.04. The Bertz CT molecular complexity index is 460. The summed E-state index contributed by atoms with van der Waals surface area (Å²) in [6, 6.07) is 18.8. The van der Waals surface area contributed by atoms with Gasteiger partial charge in [-0.1, -0.05) is 54.6 Å². The summed E-state index contributed by atoms with van der Waals surface area (Å²) in [4.78, 5) is 0. The molecule has 0 atom stereocenters. The Morgan fingerprint density at radius 2 is 1.53 bits per heavy atom. The lowest BCUT2D eigenvalue weighted by Crippen LogP contribution is -2.03. The predicted molar refractivity (Wildman–Crippen MR) is 71.8 cm³/mol. The fourth-order valence-electron chi connectivity index (χ4n) is 1.80. The van der Waals surface area contributed by atoms with E-state index in [1.807, 2.05) is 6.07 Å². The molecular formula is C16H18O. The molecule has 0 aliphatic rings. The van der Waals surface area contributed by atoms with E-state index >= 15 is 0 Å². The molecule has 2 rings (SSSR count). The van der Waals surface area contributed by atoms with Crippen LogP contribution in [0.15, 0.2) is 54.6 Å². The SMILES string of the molecule is CC(C)OCc1ccccc1-c1ccccc1. The first-order chi connectivity index (χ1) is 8.27. The molecule has 0 saturated carbocycles. The molecule has 0 heterocycles. The summed E-state index contributed by atoms with van der Waals surface area (Å²) in [5.74, 6) is 0. The summed E-state index contributed by atoms with van der Waals surface area (Å²) in [5, 5.41) is 0. The quantitative estimate of drug-likeness (QED) is 0.756. The highest BCUT2D eigenvalue weighted by molar-refractivity contribution is 5.66. The van der Waals surface area contributed by atoms with Crippen molar-refractivity contribution in [3.63, 3.8) is 0 Å². The second kappa shape index (κ2) is 5.65. The topological polar surface area (TPSA) is 9.23 Å². The van der Waals surface area contributed by atoms with E-state index in [0.29, 0.717) is 6.61 Å². The van der Waals surface area contributed by atoms with E-state index in [1.165, 1.54) is 16.7 Å². The molecule has 0 saturated heterocycles. The molecule has 0 aromatic heterocycles. The number of ether oxygens (including phenoxy) is 1. The van der Waals surface area contributed by atoms with Crippen molar-refractivity contribution in [3.05, 3.63) is 60.2 Å². The molecule has 0 aliphatic carbocycles. The van der Waals surface area contributed by atoms with E-state index in [-0.39, 0.29) is 6.10 Å². The van der Waals surface area contributed by atoms with Crippen LogP contribution in [0.1, 0.15) is 19.4 Å². The van der Waals surface area contributed by atoms with E-state index in [1.54, 1.807) is 0 Å². The highest BCUT2D eigenvalue weighted by atomic mass is 16.5. The Morgan fingerprint density at radius 1 is 0.882 bits per heavy atom. The van der Waals surface area contributed by atoms with Gasteiger partial charge in [0.2, 0.25) is 0 Å². The third-order valence-corrected chi connectivity index (χ3v) is 2.67. The normalized spacial score (nSPS) is 10.8. The molecule has 17 heavy (non-hydrogen) atoms. The lowest BCUT2D eigenvalue weighted by atomic mass is 10.0. The molecule has 0 unspecified atom stereocenters. The molecule has 88 valence electrons. The van der Waals surface area contributed by atoms with Gasteiger partial charge >= 0.3 is 0 Å². The van der Waals surface area contributed by atoms with Gasteiger partial charge in [-0.25, -0.2) is 0 Å². The van der Waals surface area contributed by atoms with Gasteiger partial charge < -0.3 is 4.74 Å². The van der Waals surface area contributed by atoms with Crippen LogP contribution in [0.4, 0.5) is 0 Å². The molecule has 0 radical (unpaired) electrons. The minimum atomic E-state index is 0.263. The van der Waals surface area contributed by atoms with Crippen LogP contribution in [-0.2, 0) is 11.3 Å². The van der Waals surface area contributed by atoms with Crippen LogP contribution in [0.3, 0.4) is 0 Å². The van der Waals surface area contributed by atoms with Gasteiger partial charge in [0.25, 0.3) is 0 Å². The summed E-state index contributed by atoms with van der Waals surface area (Å²) >= 11 is 0. The van der Waals surface area contributed by atoms with Gasteiger partial charge in [-0.3, -0.25) is 0 Å². The lowest BCUT2D eigenvalue weighted by Gasteiger charge is -2.12. The summed E-state index contributed by atoms with van der Waals surface area (Å²) < 4.78 is 5.69. The Balaban J connectivity index is 2.28. The molecule has 1 heteroatoms. The average Bonchev–Trinajstić information content (AvgIpc) is 2.38. The molecule has 2 aromatic rings. The molecule has 0 amide bonds. The van der Waals surface area contributed by atoms with Gasteiger partial charge in [-0.15, -0.1) is 0 Å². The van der Waals surface area contributed by atoms with Crippen LogP contribution < -0.4 is 0 Å². The third-order valence-electron chi connectivity index (χ3n) is 2.67. The molecular weight excluding hydrogens is 208 g/mol. The van der Waals surface area contributed by atoms with Gasteiger partial charge in [-0.05, 0) is 30.5 Å². The smallest absolute Gasteiger partial charge is 0.0726 e. The van der Waals surface area contributed by atoms with Crippen LogP contribution in [-0.4, -0.2) is 6.10 Å². The van der Waals surface area contributed by atoms with E-state index in [9.17, 15) is 0 Å². The van der Waals surface area contributed by atoms with Crippen molar-refractivity contribution in [2.75, 3.05) is 0 Å². The molecule has 2 aromatic carbocycles. The first kappa shape index (κ1) is 11.9. The Hall–Kier alpha value is -1.60. The average molecular weight is 226 g/mol. The van der Waals surface area contributed by atoms with Crippen molar-refractivity contribution in [1.82, 2.24) is 0 Å². The largest absolute Gasteiger partial charge is 0.374 e. The van der Waals surface area contributed by atoms with E-state index in [2.05, 4.69) is 62.4 Å². The van der Waals surface area contributed by atoms with Gasteiger partial charge in [0.15, 0.2) is 0 Å². The Kier molecular flexibility index (Phi) is 3.94. The Labute approximate surface area is 103 Å². The van der Waals surface area contributed by atoms with Crippen molar-refractivity contribution >= 4 is 0 Å². The number of hydrogen-bond acceptors (Lipinski definition) is 1. The second-order valence-electron chi connectivity index (χ2n) is 4.38. The maximum atomic E-state index is 5.69. The molecule has 0 aliphatic heterocycles. The monoisotopic (exact) mass is 226 g/mol. The minimum absolute atomic E-state index is 0.263. The van der Waals surface area contributed by atoms with Crippen LogP contribution in [0.2, 0.25) is 0 Å². The van der Waals surface area contributed by atoms with Crippen molar-refractivity contribution < 1.29 is 4.74 Å². The van der Waals surface area contributed by atoms with Crippen LogP contribution in [0, 0.1) is 0 Å². The number of rotatable bonds is 4. The molecule has 0 spiro atoms. The van der Waals surface area contributed by atoms with Crippen molar-refractivity contribution in [3.8, 4) is 11.1 Å². The third kappa shape index (κ3) is 3.18. The van der Waals surface area contributed by atoms with Crippen molar-refractivity contribution in [2.45, 2.75) is 26.6 Å². The van der Waals surface area contributed by atoms with E-state index in [0.717, 1.165) is 0 Å². The van der Waals surface area contributed by atoms with Crippen LogP contribution in [0.5, 0.6) is 0 Å². The highest BCUT2D eigenvalue weighted by Crippen LogP contribution is 2.24. The fourth-order valence-corrected chi connectivity index (χ4v) is 1.80. The van der Waals surface area contributed by atoms with Gasteiger partial charge in [0.05, 0.1) is 12.7 Å². The first-order valence-electron chi connectivity index (χ1n) is 6.02. The maximum Gasteiger partial charge on any atom is 0.0726 e. The molecule has 1 nitrogen and oxygen atoms in total. The summed E-state index contributed by atoms with van der Waals surface area (Å²) in [6.45, 7) is 4.79. The van der Waals surface area contributed by atoms with Gasteiger partial charge in [0, 0.05) is 0 Å². The summed E-state index contributed by atoms with van der Waals surface area (Å²) in [5.41, 5.74) is 3.75. The summed E-state index contributed by atoms with van der Waals surface area (Å²) in [7, 11) is 0. The lowest BCUT2D eigenvalue weighted by molar-refractivity contribution is 0.0660. The fraction of sp³-hybridized carbons (Fsp3) is 0.250. The zero-order valence-electron chi connectivity index (χ0n) is 10.4. The predicted octanol–water partition coefficient (Wildman–Crippen LogP) is 4.28. The number of benzene rings is 2. The molecule has 0 bridgehead atoms. The second-order valence-corrected chi connectivity index (χ2v) is 4.38. The number of hydrogen-bond donors (Lipinski definition) is 0. The first-order valence-corrected chi connectivity index (χ1v) is 6.02. The van der Waals surface area contributed by atoms with E-state index in [4.69, 9.17) is 4.74 Å². The van der Waals surface area contributed by atoms with Gasteiger partial charge in [0.1, 0.15) is 0 Å². The standard InChI is InChI=1S/C16H18O/c1-13(2)17-12-15-10-6-7-11-16(15)14-8-4-3-5-9-14/h3-11,13H,12H2,1-2H3. The zero-order chi connectivity index (χ0) is 12.1. The van der Waals surface area contributed by atoms with E-state index < -0.39 is 0 Å². The zero-order valence-corrected chi connectivity index (χ0v) is 10.4. The van der Waals surface area contributed by atoms with Crippen LogP contribution in [0.25, 0.3) is 11.1 Å². The minimum Gasteiger partial charge on any atom is -0.374 e.